The Balaban J connectivity index is 2.02. The van der Waals surface area contributed by atoms with E-state index in [0.717, 1.165) is 12.3 Å². The maximum absolute atomic E-state index is 5.76. The lowest BCUT2D eigenvalue weighted by atomic mass is 9.73. The van der Waals surface area contributed by atoms with Gasteiger partial charge >= 0.3 is 0 Å². The van der Waals surface area contributed by atoms with Crippen molar-refractivity contribution in [3.63, 3.8) is 0 Å². The lowest BCUT2D eigenvalue weighted by Gasteiger charge is -2.38. The number of hydrogen-bond donors (Lipinski definition) is 0. The lowest BCUT2D eigenvalue weighted by Crippen LogP contribution is -2.37. The van der Waals surface area contributed by atoms with Crippen LogP contribution in [0, 0.1) is 11.8 Å². The number of ether oxygens (including phenoxy) is 1. The Morgan fingerprint density at radius 3 is 2.56 bits per heavy atom. The average Bonchev–Trinajstić information content (AvgIpc) is 3.21. The van der Waals surface area contributed by atoms with E-state index in [1.165, 1.54) is 24.0 Å². The van der Waals surface area contributed by atoms with Crippen LogP contribution < -0.4 is 0 Å². The van der Waals surface area contributed by atoms with Gasteiger partial charge in [-0.15, -0.1) is 0 Å². The molecule has 0 heterocycles. The van der Waals surface area contributed by atoms with Crippen molar-refractivity contribution in [2.45, 2.75) is 38.7 Å². The zero-order valence-electron chi connectivity index (χ0n) is 11.6. The minimum absolute atomic E-state index is 0.0675. The Morgan fingerprint density at radius 1 is 1.17 bits per heavy atom. The van der Waals surface area contributed by atoms with Gasteiger partial charge in [0.25, 0.3) is 0 Å². The van der Waals surface area contributed by atoms with Gasteiger partial charge < -0.3 is 4.74 Å². The second kappa shape index (κ2) is 4.24. The summed E-state index contributed by atoms with van der Waals surface area (Å²) in [6, 6.07) is 8.79. The fourth-order valence-corrected chi connectivity index (χ4v) is 3.09. The molecule has 1 heteroatoms. The SMILES string of the molecule is COC(C)(C)C1Cc2ccccc2C=C1C1CC1. The highest BCUT2D eigenvalue weighted by Crippen LogP contribution is 2.48. The Hall–Kier alpha value is -1.08. The summed E-state index contributed by atoms with van der Waals surface area (Å²) in [4.78, 5) is 0. The van der Waals surface area contributed by atoms with Crippen molar-refractivity contribution in [3.8, 4) is 0 Å². The molecule has 0 N–H and O–H groups in total. The van der Waals surface area contributed by atoms with Crippen molar-refractivity contribution in [2.24, 2.45) is 11.8 Å². The first kappa shape index (κ1) is 12.0. The first-order chi connectivity index (χ1) is 8.62. The van der Waals surface area contributed by atoms with E-state index < -0.39 is 0 Å². The van der Waals surface area contributed by atoms with Gasteiger partial charge in [-0.05, 0) is 50.2 Å². The third-order valence-electron chi connectivity index (χ3n) is 4.62. The maximum Gasteiger partial charge on any atom is 0.0691 e. The van der Waals surface area contributed by atoms with Crippen LogP contribution in [0.1, 0.15) is 37.8 Å². The molecule has 0 radical (unpaired) electrons. The molecule has 0 saturated heterocycles. The van der Waals surface area contributed by atoms with Gasteiger partial charge in [0.1, 0.15) is 0 Å². The first-order valence-corrected chi connectivity index (χ1v) is 6.96. The Labute approximate surface area is 110 Å². The number of benzene rings is 1. The van der Waals surface area contributed by atoms with Crippen LogP contribution in [0.5, 0.6) is 0 Å². The maximum atomic E-state index is 5.76. The second-order valence-corrected chi connectivity index (χ2v) is 6.18. The normalized spacial score (nSPS) is 23.5. The Kier molecular flexibility index (Phi) is 2.82. The zero-order valence-corrected chi connectivity index (χ0v) is 11.6. The van der Waals surface area contributed by atoms with Crippen LogP contribution in [0.2, 0.25) is 0 Å². The van der Waals surface area contributed by atoms with Crippen molar-refractivity contribution in [2.75, 3.05) is 7.11 Å². The van der Waals surface area contributed by atoms with Gasteiger partial charge in [0, 0.05) is 13.0 Å². The quantitative estimate of drug-likeness (QED) is 0.776. The van der Waals surface area contributed by atoms with Gasteiger partial charge in [0.15, 0.2) is 0 Å². The number of methoxy groups -OCH3 is 1. The van der Waals surface area contributed by atoms with Crippen molar-refractivity contribution in [3.05, 3.63) is 41.0 Å². The fourth-order valence-electron chi connectivity index (χ4n) is 3.09. The van der Waals surface area contributed by atoms with E-state index in [0.29, 0.717) is 5.92 Å². The van der Waals surface area contributed by atoms with Crippen LogP contribution >= 0.6 is 0 Å². The Morgan fingerprint density at radius 2 is 1.89 bits per heavy atom. The van der Waals surface area contributed by atoms with Crippen molar-refractivity contribution >= 4 is 6.08 Å². The van der Waals surface area contributed by atoms with Gasteiger partial charge in [-0.3, -0.25) is 0 Å². The second-order valence-electron chi connectivity index (χ2n) is 6.18. The third-order valence-corrected chi connectivity index (χ3v) is 4.62. The number of fused-ring (bicyclic) bond motifs is 1. The van der Waals surface area contributed by atoms with Crippen molar-refractivity contribution < 1.29 is 4.74 Å². The zero-order chi connectivity index (χ0) is 12.8. The van der Waals surface area contributed by atoms with Gasteiger partial charge in [0.05, 0.1) is 5.60 Å². The van der Waals surface area contributed by atoms with Gasteiger partial charge in [0.2, 0.25) is 0 Å². The summed E-state index contributed by atoms with van der Waals surface area (Å²) < 4.78 is 5.76. The van der Waals surface area contributed by atoms with Gasteiger partial charge in [-0.25, -0.2) is 0 Å². The highest BCUT2D eigenvalue weighted by atomic mass is 16.5. The predicted molar refractivity (Wildman–Crippen MR) is 75.4 cm³/mol. The highest BCUT2D eigenvalue weighted by Gasteiger charge is 2.40. The van der Waals surface area contributed by atoms with E-state index in [1.807, 2.05) is 7.11 Å². The molecule has 0 bridgehead atoms. The minimum Gasteiger partial charge on any atom is -0.378 e. The van der Waals surface area contributed by atoms with Crippen molar-refractivity contribution in [1.82, 2.24) is 0 Å². The molecule has 0 aliphatic heterocycles. The topological polar surface area (TPSA) is 9.23 Å². The van der Waals surface area contributed by atoms with E-state index in [1.54, 1.807) is 5.57 Å². The molecule has 18 heavy (non-hydrogen) atoms. The monoisotopic (exact) mass is 242 g/mol. The standard InChI is InChI=1S/C17H22O/c1-17(2,18-3)16-11-14-7-5-4-6-13(14)10-15(16)12-8-9-12/h4-7,10,12,16H,8-9,11H2,1-3H3. The van der Waals surface area contributed by atoms with E-state index in [4.69, 9.17) is 4.74 Å². The summed E-state index contributed by atoms with van der Waals surface area (Å²) in [5, 5.41) is 0. The Bertz CT molecular complexity index is 480. The minimum atomic E-state index is -0.0675. The molecular weight excluding hydrogens is 220 g/mol. The van der Waals surface area contributed by atoms with Gasteiger partial charge in [-0.1, -0.05) is 35.9 Å². The molecule has 0 amide bonds. The first-order valence-electron chi connectivity index (χ1n) is 6.96. The summed E-state index contributed by atoms with van der Waals surface area (Å²) in [7, 11) is 1.84. The molecule has 1 saturated carbocycles. The number of hydrogen-bond acceptors (Lipinski definition) is 1. The smallest absolute Gasteiger partial charge is 0.0691 e. The van der Waals surface area contributed by atoms with Crippen LogP contribution in [0.3, 0.4) is 0 Å². The largest absolute Gasteiger partial charge is 0.378 e. The number of rotatable bonds is 3. The molecule has 1 aromatic carbocycles. The molecule has 2 aliphatic carbocycles. The van der Waals surface area contributed by atoms with Crippen LogP contribution in [0.25, 0.3) is 6.08 Å². The van der Waals surface area contributed by atoms with E-state index in [9.17, 15) is 0 Å². The average molecular weight is 242 g/mol. The summed E-state index contributed by atoms with van der Waals surface area (Å²) in [5.74, 6) is 1.35. The molecule has 0 aromatic heterocycles. The van der Waals surface area contributed by atoms with Crippen LogP contribution in [-0.4, -0.2) is 12.7 Å². The van der Waals surface area contributed by atoms with E-state index in [2.05, 4.69) is 44.2 Å². The summed E-state index contributed by atoms with van der Waals surface area (Å²) >= 11 is 0. The summed E-state index contributed by atoms with van der Waals surface area (Å²) in [5.41, 5.74) is 4.45. The highest BCUT2D eigenvalue weighted by molar-refractivity contribution is 5.61. The van der Waals surface area contributed by atoms with Crippen LogP contribution in [0.4, 0.5) is 0 Å². The molecule has 3 rings (SSSR count). The summed E-state index contributed by atoms with van der Waals surface area (Å²) in [6.45, 7) is 4.45. The van der Waals surface area contributed by atoms with Crippen LogP contribution in [0.15, 0.2) is 29.8 Å². The van der Waals surface area contributed by atoms with Crippen molar-refractivity contribution in [1.29, 1.82) is 0 Å². The predicted octanol–water partition coefficient (Wildman–Crippen LogP) is 4.08. The molecule has 1 unspecified atom stereocenters. The molecule has 0 spiro atoms. The molecular formula is C17H22O. The third kappa shape index (κ3) is 2.01. The molecule has 1 fully saturated rings. The molecule has 1 aromatic rings. The fraction of sp³-hybridized carbons (Fsp3) is 0.529. The molecule has 1 nitrogen and oxygen atoms in total. The van der Waals surface area contributed by atoms with E-state index >= 15 is 0 Å². The molecule has 2 aliphatic rings. The van der Waals surface area contributed by atoms with E-state index in [-0.39, 0.29) is 5.60 Å². The lowest BCUT2D eigenvalue weighted by molar-refractivity contribution is -0.0172. The molecule has 1 atom stereocenters. The summed E-state index contributed by atoms with van der Waals surface area (Å²) in [6.07, 6.45) is 6.29. The van der Waals surface area contributed by atoms with Crippen LogP contribution in [-0.2, 0) is 11.2 Å². The molecule has 96 valence electrons. The van der Waals surface area contributed by atoms with Gasteiger partial charge in [-0.2, -0.15) is 0 Å².